The first-order valence-electron chi connectivity index (χ1n) is 5.11. The van der Waals surface area contributed by atoms with Crippen LogP contribution in [0.1, 0.15) is 40.5 Å². The van der Waals surface area contributed by atoms with Crippen molar-refractivity contribution in [2.45, 2.75) is 46.1 Å². The zero-order valence-electron chi connectivity index (χ0n) is 9.72. The van der Waals surface area contributed by atoms with E-state index < -0.39 is 5.60 Å². The normalized spacial score (nSPS) is 12.6. The van der Waals surface area contributed by atoms with Gasteiger partial charge in [-0.05, 0) is 47.1 Å². The fourth-order valence-electron chi connectivity index (χ4n) is 1.11. The monoisotopic (exact) mass is 198 g/mol. The Morgan fingerprint density at radius 1 is 1.29 bits per heavy atom. The molecule has 0 saturated carbocycles. The minimum Gasteiger partial charge on any atom is -0.389 e. The minimum atomic E-state index is -0.648. The summed E-state index contributed by atoms with van der Waals surface area (Å²) < 4.78 is 0. The molecular formula is C11H22N2O. The largest absolute Gasteiger partial charge is 0.389 e. The van der Waals surface area contributed by atoms with Crippen LogP contribution in [0, 0.1) is 16.7 Å². The summed E-state index contributed by atoms with van der Waals surface area (Å²) in [6, 6.07) is 2.27. The van der Waals surface area contributed by atoms with Crippen molar-refractivity contribution in [3.63, 3.8) is 0 Å². The van der Waals surface area contributed by atoms with Crippen LogP contribution in [0.2, 0.25) is 0 Å². The first-order chi connectivity index (χ1) is 6.27. The summed E-state index contributed by atoms with van der Waals surface area (Å²) in [5, 5.41) is 21.3. The molecule has 0 rings (SSSR count). The molecule has 0 unspecified atom stereocenters. The molecule has 0 saturated heterocycles. The van der Waals surface area contributed by atoms with E-state index in [1.54, 1.807) is 13.8 Å². The first kappa shape index (κ1) is 13.4. The third kappa shape index (κ3) is 8.03. The van der Waals surface area contributed by atoms with E-state index >= 15 is 0 Å². The Morgan fingerprint density at radius 3 is 2.29 bits per heavy atom. The molecule has 0 radical (unpaired) electrons. The number of hydrogen-bond acceptors (Lipinski definition) is 3. The van der Waals surface area contributed by atoms with Crippen LogP contribution in [0.25, 0.3) is 0 Å². The van der Waals surface area contributed by atoms with E-state index in [1.165, 1.54) is 0 Å². The maximum absolute atomic E-state index is 9.41. The highest BCUT2D eigenvalue weighted by Crippen LogP contribution is 2.19. The number of rotatable bonds is 6. The fraction of sp³-hybridized carbons (Fsp3) is 0.909. The van der Waals surface area contributed by atoms with Gasteiger partial charge in [0.1, 0.15) is 0 Å². The van der Waals surface area contributed by atoms with Crippen LogP contribution in [0.3, 0.4) is 0 Å². The van der Waals surface area contributed by atoms with Crippen LogP contribution in [0.15, 0.2) is 0 Å². The average Bonchev–Trinajstić information content (AvgIpc) is 2.01. The van der Waals surface area contributed by atoms with E-state index in [4.69, 9.17) is 5.26 Å². The summed E-state index contributed by atoms with van der Waals surface area (Å²) in [5.41, 5.74) is -0.874. The van der Waals surface area contributed by atoms with Gasteiger partial charge in [0, 0.05) is 6.54 Å². The predicted molar refractivity (Wildman–Crippen MR) is 57.8 cm³/mol. The minimum absolute atomic E-state index is 0.226. The van der Waals surface area contributed by atoms with E-state index in [-0.39, 0.29) is 5.41 Å². The lowest BCUT2D eigenvalue weighted by atomic mass is 9.90. The van der Waals surface area contributed by atoms with Gasteiger partial charge in [-0.15, -0.1) is 0 Å². The maximum Gasteiger partial charge on any atom is 0.0715 e. The second kappa shape index (κ2) is 5.33. The average molecular weight is 198 g/mol. The molecule has 0 aliphatic heterocycles. The molecule has 0 aliphatic rings. The third-order valence-electron chi connectivity index (χ3n) is 2.02. The van der Waals surface area contributed by atoms with Crippen LogP contribution in [-0.2, 0) is 0 Å². The Balaban J connectivity index is 3.45. The van der Waals surface area contributed by atoms with Crippen LogP contribution in [0.5, 0.6) is 0 Å². The lowest BCUT2D eigenvalue weighted by Gasteiger charge is -2.19. The maximum atomic E-state index is 9.41. The molecule has 0 aromatic heterocycles. The Bertz CT molecular complexity index is 198. The second-order valence-electron chi connectivity index (χ2n) is 5.09. The molecule has 0 fully saturated rings. The van der Waals surface area contributed by atoms with Crippen molar-refractivity contribution < 1.29 is 5.11 Å². The summed E-state index contributed by atoms with van der Waals surface area (Å²) in [6.45, 7) is 8.90. The third-order valence-corrected chi connectivity index (χ3v) is 2.02. The molecule has 82 valence electrons. The highest BCUT2D eigenvalue weighted by molar-refractivity contribution is 4.91. The SMILES string of the molecule is CC(C)(O)CNCCCC(C)(C)C#N. The molecule has 0 aromatic rings. The smallest absolute Gasteiger partial charge is 0.0715 e. The van der Waals surface area contributed by atoms with Gasteiger partial charge < -0.3 is 10.4 Å². The lowest BCUT2D eigenvalue weighted by molar-refractivity contribution is 0.0798. The topological polar surface area (TPSA) is 56.0 Å². The molecule has 14 heavy (non-hydrogen) atoms. The summed E-state index contributed by atoms with van der Waals surface area (Å²) in [7, 11) is 0. The fourth-order valence-corrected chi connectivity index (χ4v) is 1.11. The van der Waals surface area contributed by atoms with Gasteiger partial charge in [0.15, 0.2) is 0 Å². The molecule has 2 N–H and O–H groups in total. The number of hydrogen-bond donors (Lipinski definition) is 2. The Hall–Kier alpha value is -0.590. The van der Waals surface area contributed by atoms with Gasteiger partial charge in [0.05, 0.1) is 17.1 Å². The van der Waals surface area contributed by atoms with E-state index in [0.29, 0.717) is 6.54 Å². The molecular weight excluding hydrogens is 176 g/mol. The highest BCUT2D eigenvalue weighted by atomic mass is 16.3. The van der Waals surface area contributed by atoms with Crippen LogP contribution < -0.4 is 5.32 Å². The van der Waals surface area contributed by atoms with Crippen LogP contribution in [0.4, 0.5) is 0 Å². The second-order valence-corrected chi connectivity index (χ2v) is 5.09. The molecule has 0 aliphatic carbocycles. The van der Waals surface area contributed by atoms with Gasteiger partial charge in [0.2, 0.25) is 0 Å². The summed E-state index contributed by atoms with van der Waals surface area (Å²) in [4.78, 5) is 0. The summed E-state index contributed by atoms with van der Waals surface area (Å²) in [6.07, 6.45) is 1.86. The first-order valence-corrected chi connectivity index (χ1v) is 5.11. The van der Waals surface area contributed by atoms with Gasteiger partial charge in [-0.1, -0.05) is 0 Å². The number of nitriles is 1. The van der Waals surface area contributed by atoms with Crippen LogP contribution in [-0.4, -0.2) is 23.8 Å². The van der Waals surface area contributed by atoms with Gasteiger partial charge in [-0.2, -0.15) is 5.26 Å². The van der Waals surface area contributed by atoms with Crippen molar-refractivity contribution in [2.75, 3.05) is 13.1 Å². The van der Waals surface area contributed by atoms with Crippen molar-refractivity contribution in [2.24, 2.45) is 5.41 Å². The lowest BCUT2D eigenvalue weighted by Crippen LogP contribution is -2.35. The summed E-state index contributed by atoms with van der Waals surface area (Å²) in [5.74, 6) is 0. The van der Waals surface area contributed by atoms with E-state index in [9.17, 15) is 5.11 Å². The standard InChI is InChI=1S/C11H22N2O/c1-10(2,8-12)6-5-7-13-9-11(3,4)14/h13-14H,5-7,9H2,1-4H3. The predicted octanol–water partition coefficient (Wildman–Crippen LogP) is 1.68. The molecule has 0 atom stereocenters. The molecule has 0 heterocycles. The van der Waals surface area contributed by atoms with Gasteiger partial charge >= 0.3 is 0 Å². The summed E-state index contributed by atoms with van der Waals surface area (Å²) >= 11 is 0. The Kier molecular flexibility index (Phi) is 5.11. The zero-order chi connectivity index (χ0) is 11.2. The Morgan fingerprint density at radius 2 is 1.86 bits per heavy atom. The number of nitrogens with one attached hydrogen (secondary N) is 1. The van der Waals surface area contributed by atoms with Gasteiger partial charge in [-0.3, -0.25) is 0 Å². The molecule has 0 bridgehead atoms. The number of nitrogens with zero attached hydrogens (tertiary/aromatic N) is 1. The molecule has 3 nitrogen and oxygen atoms in total. The molecule has 0 aromatic carbocycles. The van der Waals surface area contributed by atoms with Gasteiger partial charge in [0.25, 0.3) is 0 Å². The molecule has 0 spiro atoms. The van der Waals surface area contributed by atoms with Crippen molar-refractivity contribution in [3.8, 4) is 6.07 Å². The molecule has 0 amide bonds. The zero-order valence-corrected chi connectivity index (χ0v) is 9.72. The van der Waals surface area contributed by atoms with Crippen molar-refractivity contribution in [3.05, 3.63) is 0 Å². The van der Waals surface area contributed by atoms with Crippen molar-refractivity contribution in [1.29, 1.82) is 5.26 Å². The van der Waals surface area contributed by atoms with Crippen molar-refractivity contribution >= 4 is 0 Å². The highest BCUT2D eigenvalue weighted by Gasteiger charge is 2.16. The van der Waals surface area contributed by atoms with Gasteiger partial charge in [-0.25, -0.2) is 0 Å². The van der Waals surface area contributed by atoms with E-state index in [1.807, 2.05) is 13.8 Å². The van der Waals surface area contributed by atoms with E-state index in [0.717, 1.165) is 19.4 Å². The quantitative estimate of drug-likeness (QED) is 0.638. The number of aliphatic hydroxyl groups is 1. The van der Waals surface area contributed by atoms with Crippen molar-refractivity contribution in [1.82, 2.24) is 5.32 Å². The van der Waals surface area contributed by atoms with E-state index in [2.05, 4.69) is 11.4 Å². The van der Waals surface area contributed by atoms with Crippen LogP contribution >= 0.6 is 0 Å². The Labute approximate surface area is 87.1 Å². The molecule has 3 heteroatoms.